The van der Waals surface area contributed by atoms with Gasteiger partial charge in [0.25, 0.3) is 0 Å². The monoisotopic (exact) mass is 490 g/mol. The summed E-state index contributed by atoms with van der Waals surface area (Å²) in [7, 11) is 3.31. The van der Waals surface area contributed by atoms with Crippen LogP contribution < -0.4 is 0 Å². The van der Waals surface area contributed by atoms with Gasteiger partial charge in [0.15, 0.2) is 0 Å². The summed E-state index contributed by atoms with van der Waals surface area (Å²) < 4.78 is 0. The van der Waals surface area contributed by atoms with Crippen molar-refractivity contribution in [1.29, 1.82) is 0 Å². The smallest absolute Gasteiger partial charge is 0.150 e. The standard InChI is InChI=1S/C26H18O2S4/c27-17-19-11-13-23(25(15-19)29-21-7-3-1-4-8-21)31-32-24-14-12-20(18-28)16-26(24)30-22-9-5-2-6-10-22/h1-18H. The first-order valence-electron chi connectivity index (χ1n) is 9.74. The lowest BCUT2D eigenvalue weighted by molar-refractivity contribution is 0.111. The first-order valence-corrected chi connectivity index (χ1v) is 13.5. The molecule has 0 bridgehead atoms. The highest BCUT2D eigenvalue weighted by Crippen LogP contribution is 2.47. The fourth-order valence-electron chi connectivity index (χ4n) is 2.81. The Hall–Kier alpha value is -2.38. The molecular formula is C26H18O2S4. The summed E-state index contributed by atoms with van der Waals surface area (Å²) in [5, 5.41) is 0. The SMILES string of the molecule is O=Cc1ccc(SSc2ccc(C=O)cc2Sc2ccccc2)c(Sc2ccccc2)c1. The highest BCUT2D eigenvalue weighted by atomic mass is 33.1. The minimum atomic E-state index is 0.661. The topological polar surface area (TPSA) is 34.1 Å². The Morgan fingerprint density at radius 3 is 1.25 bits per heavy atom. The first kappa shape index (κ1) is 22.8. The van der Waals surface area contributed by atoms with Crippen LogP contribution in [0.1, 0.15) is 20.7 Å². The van der Waals surface area contributed by atoms with Gasteiger partial charge in [-0.3, -0.25) is 9.59 Å². The molecular weight excluding hydrogens is 473 g/mol. The molecule has 0 spiro atoms. The van der Waals surface area contributed by atoms with Crippen LogP contribution in [0.5, 0.6) is 0 Å². The molecule has 0 saturated heterocycles. The van der Waals surface area contributed by atoms with Crippen LogP contribution in [0.2, 0.25) is 0 Å². The number of carbonyl (C=O) groups is 2. The maximum absolute atomic E-state index is 11.3. The molecule has 0 aliphatic rings. The Bertz CT molecular complexity index is 1110. The highest BCUT2D eigenvalue weighted by Gasteiger charge is 2.12. The highest BCUT2D eigenvalue weighted by molar-refractivity contribution is 8.76. The molecule has 0 radical (unpaired) electrons. The molecule has 0 saturated carbocycles. The van der Waals surface area contributed by atoms with Crippen molar-refractivity contribution < 1.29 is 9.59 Å². The van der Waals surface area contributed by atoms with E-state index in [-0.39, 0.29) is 0 Å². The van der Waals surface area contributed by atoms with Gasteiger partial charge in [0, 0.05) is 40.5 Å². The van der Waals surface area contributed by atoms with Crippen LogP contribution in [0.15, 0.2) is 126 Å². The molecule has 0 amide bonds. The summed E-state index contributed by atoms with van der Waals surface area (Å²) in [6.45, 7) is 0. The summed E-state index contributed by atoms with van der Waals surface area (Å²) in [6, 6.07) is 31.8. The molecule has 4 rings (SSSR count). The third-order valence-electron chi connectivity index (χ3n) is 4.37. The minimum Gasteiger partial charge on any atom is -0.298 e. The average Bonchev–Trinajstić information content (AvgIpc) is 2.85. The van der Waals surface area contributed by atoms with E-state index in [0.29, 0.717) is 11.1 Å². The van der Waals surface area contributed by atoms with Crippen molar-refractivity contribution in [2.75, 3.05) is 0 Å². The van der Waals surface area contributed by atoms with E-state index >= 15 is 0 Å². The molecule has 0 aromatic heterocycles. The summed E-state index contributed by atoms with van der Waals surface area (Å²) >= 11 is 3.29. The number of benzene rings is 4. The number of hydrogen-bond acceptors (Lipinski definition) is 6. The predicted octanol–water partition coefficient (Wildman–Crippen LogP) is 8.41. The van der Waals surface area contributed by atoms with Crippen LogP contribution >= 0.6 is 45.1 Å². The zero-order valence-electron chi connectivity index (χ0n) is 16.8. The third-order valence-corrected chi connectivity index (χ3v) is 9.24. The van der Waals surface area contributed by atoms with E-state index < -0.39 is 0 Å². The van der Waals surface area contributed by atoms with E-state index in [4.69, 9.17) is 0 Å². The molecule has 0 atom stereocenters. The fourth-order valence-corrected chi connectivity index (χ4v) is 7.57. The van der Waals surface area contributed by atoms with Gasteiger partial charge in [-0.1, -0.05) is 93.6 Å². The lowest BCUT2D eigenvalue weighted by Crippen LogP contribution is -1.86. The van der Waals surface area contributed by atoms with Crippen LogP contribution in [0, 0.1) is 0 Å². The molecule has 0 unspecified atom stereocenters. The minimum absolute atomic E-state index is 0.661. The second kappa shape index (κ2) is 11.5. The van der Waals surface area contributed by atoms with Crippen LogP contribution in [0.25, 0.3) is 0 Å². The first-order chi connectivity index (χ1) is 15.7. The third kappa shape index (κ3) is 6.11. The molecule has 4 aromatic carbocycles. The van der Waals surface area contributed by atoms with Crippen molar-refractivity contribution in [2.45, 2.75) is 29.4 Å². The van der Waals surface area contributed by atoms with E-state index in [2.05, 4.69) is 24.3 Å². The number of carbonyl (C=O) groups excluding carboxylic acids is 2. The Kier molecular flexibility index (Phi) is 8.18. The second-order valence-electron chi connectivity index (χ2n) is 6.64. The number of rotatable bonds is 9. The molecule has 2 nitrogen and oxygen atoms in total. The van der Waals surface area contributed by atoms with Crippen LogP contribution in [0.3, 0.4) is 0 Å². The van der Waals surface area contributed by atoms with E-state index in [0.717, 1.165) is 41.9 Å². The van der Waals surface area contributed by atoms with Crippen molar-refractivity contribution in [3.63, 3.8) is 0 Å². The lowest BCUT2D eigenvalue weighted by Gasteiger charge is -2.12. The molecule has 0 aliphatic carbocycles. The molecule has 0 N–H and O–H groups in total. The molecule has 0 heterocycles. The van der Waals surface area contributed by atoms with Gasteiger partial charge < -0.3 is 0 Å². The largest absolute Gasteiger partial charge is 0.298 e. The zero-order valence-corrected chi connectivity index (χ0v) is 20.1. The molecule has 32 heavy (non-hydrogen) atoms. The Morgan fingerprint density at radius 2 is 0.875 bits per heavy atom. The van der Waals surface area contributed by atoms with Gasteiger partial charge in [-0.05, 0) is 48.5 Å². The van der Waals surface area contributed by atoms with Crippen LogP contribution in [-0.2, 0) is 0 Å². The normalized spacial score (nSPS) is 10.6. The molecule has 0 aliphatic heterocycles. The van der Waals surface area contributed by atoms with Crippen LogP contribution in [-0.4, -0.2) is 12.6 Å². The van der Waals surface area contributed by atoms with Gasteiger partial charge >= 0.3 is 0 Å². The maximum atomic E-state index is 11.3. The fraction of sp³-hybridized carbons (Fsp3) is 0. The van der Waals surface area contributed by atoms with Crippen LogP contribution in [0.4, 0.5) is 0 Å². The lowest BCUT2D eigenvalue weighted by atomic mass is 10.2. The van der Waals surface area contributed by atoms with Crippen molar-refractivity contribution >= 4 is 57.7 Å². The zero-order chi connectivity index (χ0) is 22.2. The van der Waals surface area contributed by atoms with Gasteiger partial charge in [0.05, 0.1) is 0 Å². The molecule has 6 heteroatoms. The van der Waals surface area contributed by atoms with Gasteiger partial charge in [-0.2, -0.15) is 0 Å². The predicted molar refractivity (Wildman–Crippen MR) is 137 cm³/mol. The number of hydrogen-bond donors (Lipinski definition) is 0. The van der Waals surface area contributed by atoms with Crippen molar-refractivity contribution in [1.82, 2.24) is 0 Å². The second-order valence-corrected chi connectivity index (χ2v) is 11.1. The summed E-state index contributed by atoms with van der Waals surface area (Å²) in [4.78, 5) is 29.2. The van der Waals surface area contributed by atoms with Gasteiger partial charge in [0.2, 0.25) is 0 Å². The molecule has 0 fully saturated rings. The van der Waals surface area contributed by atoms with Gasteiger partial charge in [0.1, 0.15) is 12.6 Å². The maximum Gasteiger partial charge on any atom is 0.150 e. The average molecular weight is 491 g/mol. The van der Waals surface area contributed by atoms with E-state index in [9.17, 15) is 9.59 Å². The van der Waals surface area contributed by atoms with Crippen molar-refractivity contribution in [3.8, 4) is 0 Å². The summed E-state index contributed by atoms with van der Waals surface area (Å²) in [5.41, 5.74) is 1.32. The summed E-state index contributed by atoms with van der Waals surface area (Å²) in [6.07, 6.45) is 1.76. The van der Waals surface area contributed by atoms with E-state index in [1.807, 2.05) is 72.8 Å². The van der Waals surface area contributed by atoms with Gasteiger partial charge in [-0.15, -0.1) is 0 Å². The quantitative estimate of drug-likeness (QED) is 0.173. The van der Waals surface area contributed by atoms with Crippen molar-refractivity contribution in [2.24, 2.45) is 0 Å². The van der Waals surface area contributed by atoms with E-state index in [1.54, 1.807) is 45.1 Å². The Labute approximate surface area is 204 Å². The van der Waals surface area contributed by atoms with Gasteiger partial charge in [-0.25, -0.2) is 0 Å². The molecule has 4 aromatic rings. The molecule has 158 valence electrons. The number of aldehydes is 2. The Balaban J connectivity index is 1.59. The Morgan fingerprint density at radius 1 is 0.469 bits per heavy atom. The van der Waals surface area contributed by atoms with Crippen molar-refractivity contribution in [3.05, 3.63) is 108 Å². The van der Waals surface area contributed by atoms with E-state index in [1.165, 1.54) is 0 Å². The summed E-state index contributed by atoms with van der Waals surface area (Å²) in [5.74, 6) is 0.